The van der Waals surface area contributed by atoms with Crippen molar-refractivity contribution in [3.8, 4) is 0 Å². The summed E-state index contributed by atoms with van der Waals surface area (Å²) in [4.78, 5) is 4.49. The molecule has 0 aliphatic rings. The molecule has 0 saturated carbocycles. The minimum atomic E-state index is 0.172. The third-order valence-corrected chi connectivity index (χ3v) is 4.50. The lowest BCUT2D eigenvalue weighted by atomic mass is 9.87. The average Bonchev–Trinajstić information content (AvgIpc) is 2.44. The summed E-state index contributed by atoms with van der Waals surface area (Å²) in [6.07, 6.45) is 0. The molecule has 0 aliphatic carbocycles. The number of benzene rings is 1. The van der Waals surface area contributed by atoms with Crippen molar-refractivity contribution in [2.75, 3.05) is 0 Å². The molecule has 0 fully saturated rings. The van der Waals surface area contributed by atoms with E-state index in [0.29, 0.717) is 0 Å². The van der Waals surface area contributed by atoms with Crippen molar-refractivity contribution >= 4 is 37.5 Å². The number of rotatable bonds is 0. The average molecular weight is 284 g/mol. The molecule has 2 rings (SSSR count). The Kier molecular flexibility index (Phi) is 2.63. The second-order valence-electron chi connectivity index (χ2n) is 4.76. The summed E-state index contributed by atoms with van der Waals surface area (Å²) in [5, 5.41) is 1.12. The van der Waals surface area contributed by atoms with Gasteiger partial charge in [0.25, 0.3) is 0 Å². The molecular formula is C12H14BrNS. The number of nitrogens with zero attached hydrogens (tertiary/aromatic N) is 1. The van der Waals surface area contributed by atoms with E-state index in [9.17, 15) is 0 Å². The molecule has 1 nitrogen and oxygen atoms in total. The van der Waals surface area contributed by atoms with E-state index in [1.807, 2.05) is 6.92 Å². The number of aromatic nitrogens is 1. The molecule has 0 saturated heterocycles. The van der Waals surface area contributed by atoms with Crippen LogP contribution in [0.4, 0.5) is 0 Å². The topological polar surface area (TPSA) is 12.9 Å². The van der Waals surface area contributed by atoms with Gasteiger partial charge in [0.15, 0.2) is 0 Å². The molecule has 0 N–H and O–H groups in total. The van der Waals surface area contributed by atoms with Gasteiger partial charge in [0, 0.05) is 4.47 Å². The molecular weight excluding hydrogens is 270 g/mol. The fourth-order valence-electron chi connectivity index (χ4n) is 1.65. The van der Waals surface area contributed by atoms with Crippen LogP contribution >= 0.6 is 27.3 Å². The van der Waals surface area contributed by atoms with Crippen molar-refractivity contribution in [2.45, 2.75) is 33.1 Å². The number of hydrogen-bond acceptors (Lipinski definition) is 2. The van der Waals surface area contributed by atoms with Gasteiger partial charge in [-0.1, -0.05) is 26.8 Å². The Labute approximate surface area is 103 Å². The molecule has 0 bridgehead atoms. The summed E-state index contributed by atoms with van der Waals surface area (Å²) >= 11 is 5.45. The van der Waals surface area contributed by atoms with Gasteiger partial charge in [0.1, 0.15) is 0 Å². The summed E-state index contributed by atoms with van der Waals surface area (Å²) < 4.78 is 2.47. The Morgan fingerprint density at radius 2 is 1.93 bits per heavy atom. The summed E-state index contributed by atoms with van der Waals surface area (Å²) in [6.45, 7) is 8.74. The maximum absolute atomic E-state index is 4.49. The van der Waals surface area contributed by atoms with E-state index in [1.54, 1.807) is 11.3 Å². The maximum atomic E-state index is 4.49. The van der Waals surface area contributed by atoms with Crippen LogP contribution in [0.25, 0.3) is 10.2 Å². The van der Waals surface area contributed by atoms with Gasteiger partial charge >= 0.3 is 0 Å². The Bertz CT molecular complexity index is 508. The van der Waals surface area contributed by atoms with Crippen LogP contribution < -0.4 is 0 Å². The second-order valence-corrected chi connectivity index (χ2v) is 6.75. The zero-order valence-electron chi connectivity index (χ0n) is 9.39. The van der Waals surface area contributed by atoms with Crippen molar-refractivity contribution < 1.29 is 0 Å². The fourth-order valence-corrected chi connectivity index (χ4v) is 3.68. The van der Waals surface area contributed by atoms with E-state index in [4.69, 9.17) is 0 Å². The minimum Gasteiger partial charge on any atom is -0.241 e. The van der Waals surface area contributed by atoms with Crippen LogP contribution in [0.1, 0.15) is 31.3 Å². The summed E-state index contributed by atoms with van der Waals surface area (Å²) in [5.41, 5.74) is 2.61. The predicted octanol–water partition coefficient (Wildman–Crippen LogP) is 4.66. The lowest BCUT2D eigenvalue weighted by Crippen LogP contribution is -2.11. The van der Waals surface area contributed by atoms with E-state index in [0.717, 1.165) is 10.5 Å². The van der Waals surface area contributed by atoms with Gasteiger partial charge < -0.3 is 0 Å². The summed E-state index contributed by atoms with van der Waals surface area (Å²) in [5.74, 6) is 0. The highest BCUT2D eigenvalue weighted by Gasteiger charge is 2.19. The first-order chi connectivity index (χ1) is 6.89. The molecule has 1 aromatic heterocycles. The monoisotopic (exact) mass is 283 g/mol. The van der Waals surface area contributed by atoms with Crippen molar-refractivity contribution in [1.82, 2.24) is 4.98 Å². The summed E-state index contributed by atoms with van der Waals surface area (Å²) in [6, 6.07) is 4.29. The first-order valence-corrected chi connectivity index (χ1v) is 6.56. The predicted molar refractivity (Wildman–Crippen MR) is 70.8 cm³/mol. The SMILES string of the molecule is Cc1nc2ccc(C(C)(C)C)c(Br)c2s1. The molecule has 0 radical (unpaired) electrons. The molecule has 0 aliphatic heterocycles. The van der Waals surface area contributed by atoms with E-state index in [1.165, 1.54) is 14.7 Å². The molecule has 0 spiro atoms. The van der Waals surface area contributed by atoms with Crippen LogP contribution in [0.5, 0.6) is 0 Å². The Morgan fingerprint density at radius 3 is 2.53 bits per heavy atom. The van der Waals surface area contributed by atoms with Crippen molar-refractivity contribution in [3.63, 3.8) is 0 Å². The zero-order valence-corrected chi connectivity index (χ0v) is 11.8. The molecule has 3 heteroatoms. The summed E-state index contributed by atoms with van der Waals surface area (Å²) in [7, 11) is 0. The zero-order chi connectivity index (χ0) is 11.2. The Morgan fingerprint density at radius 1 is 1.27 bits per heavy atom. The van der Waals surface area contributed by atoms with Crippen LogP contribution in [0.2, 0.25) is 0 Å². The van der Waals surface area contributed by atoms with Gasteiger partial charge in [-0.2, -0.15) is 0 Å². The van der Waals surface area contributed by atoms with Crippen molar-refractivity contribution in [2.24, 2.45) is 0 Å². The van der Waals surface area contributed by atoms with Crippen molar-refractivity contribution in [3.05, 3.63) is 27.2 Å². The van der Waals surface area contributed by atoms with E-state index in [2.05, 4.69) is 53.8 Å². The van der Waals surface area contributed by atoms with Gasteiger partial charge in [-0.05, 0) is 39.9 Å². The number of aryl methyl sites for hydroxylation is 1. The van der Waals surface area contributed by atoms with E-state index < -0.39 is 0 Å². The highest BCUT2D eigenvalue weighted by Crippen LogP contribution is 2.37. The first kappa shape index (κ1) is 11.1. The molecule has 0 amide bonds. The molecule has 1 heterocycles. The van der Waals surface area contributed by atoms with Crippen LogP contribution in [-0.2, 0) is 5.41 Å². The quantitative estimate of drug-likeness (QED) is 0.685. The molecule has 80 valence electrons. The van der Waals surface area contributed by atoms with Crippen LogP contribution in [-0.4, -0.2) is 4.98 Å². The number of hydrogen-bond donors (Lipinski definition) is 0. The molecule has 0 unspecified atom stereocenters. The third kappa shape index (κ3) is 1.95. The number of thiazole rings is 1. The Balaban J connectivity index is 2.75. The fraction of sp³-hybridized carbons (Fsp3) is 0.417. The van der Waals surface area contributed by atoms with E-state index in [-0.39, 0.29) is 5.41 Å². The second kappa shape index (κ2) is 3.56. The first-order valence-electron chi connectivity index (χ1n) is 4.96. The van der Waals surface area contributed by atoms with Crippen molar-refractivity contribution in [1.29, 1.82) is 0 Å². The van der Waals surface area contributed by atoms with Gasteiger partial charge in [0.05, 0.1) is 15.2 Å². The molecule has 15 heavy (non-hydrogen) atoms. The molecule has 2 aromatic rings. The van der Waals surface area contributed by atoms with Crippen LogP contribution in [0, 0.1) is 6.92 Å². The Hall–Kier alpha value is -0.410. The third-order valence-electron chi connectivity index (χ3n) is 2.41. The molecule has 0 atom stereocenters. The standard InChI is InChI=1S/C12H14BrNS/c1-7-14-9-6-5-8(12(2,3)4)10(13)11(9)15-7/h5-6H,1-4H3. The molecule has 1 aromatic carbocycles. The maximum Gasteiger partial charge on any atom is 0.0908 e. The lowest BCUT2D eigenvalue weighted by Gasteiger charge is -2.20. The normalized spacial score (nSPS) is 12.3. The highest BCUT2D eigenvalue weighted by atomic mass is 79.9. The van der Waals surface area contributed by atoms with Gasteiger partial charge in [-0.25, -0.2) is 4.98 Å². The van der Waals surface area contributed by atoms with Crippen LogP contribution in [0.3, 0.4) is 0 Å². The van der Waals surface area contributed by atoms with Gasteiger partial charge in [0.2, 0.25) is 0 Å². The number of fused-ring (bicyclic) bond motifs is 1. The van der Waals surface area contributed by atoms with Gasteiger partial charge in [-0.15, -0.1) is 11.3 Å². The largest absolute Gasteiger partial charge is 0.241 e. The number of halogens is 1. The van der Waals surface area contributed by atoms with Gasteiger partial charge in [-0.3, -0.25) is 0 Å². The minimum absolute atomic E-state index is 0.172. The van der Waals surface area contributed by atoms with Crippen LogP contribution in [0.15, 0.2) is 16.6 Å². The lowest BCUT2D eigenvalue weighted by molar-refractivity contribution is 0.588. The smallest absolute Gasteiger partial charge is 0.0908 e. The highest BCUT2D eigenvalue weighted by molar-refractivity contribution is 9.10. The van der Waals surface area contributed by atoms with E-state index >= 15 is 0 Å².